The number of rotatable bonds is 2. The van der Waals surface area contributed by atoms with Crippen molar-refractivity contribution in [1.29, 1.82) is 0 Å². The molecule has 2 atom stereocenters. The van der Waals surface area contributed by atoms with Gasteiger partial charge >= 0.3 is 0 Å². The normalized spacial score (nSPS) is 24.9. The van der Waals surface area contributed by atoms with Gasteiger partial charge < -0.3 is 10.6 Å². The molecule has 1 aromatic heterocycles. The third-order valence-corrected chi connectivity index (χ3v) is 5.26. The van der Waals surface area contributed by atoms with Gasteiger partial charge in [-0.2, -0.15) is 0 Å². The fraction of sp³-hybridized carbons (Fsp3) is 0.714. The number of halogens is 2. The second-order valence-corrected chi connectivity index (χ2v) is 6.72. The van der Waals surface area contributed by atoms with E-state index in [1.807, 2.05) is 10.3 Å². The van der Waals surface area contributed by atoms with Gasteiger partial charge in [-0.05, 0) is 26.3 Å². The molecule has 3 heterocycles. The molecular weight excluding hydrogens is 343 g/mol. The van der Waals surface area contributed by atoms with Gasteiger partial charge in [0, 0.05) is 37.1 Å². The highest BCUT2D eigenvalue weighted by atomic mass is 35.5. The molecule has 0 aliphatic carbocycles. The van der Waals surface area contributed by atoms with Crippen molar-refractivity contribution in [2.45, 2.75) is 44.8 Å². The summed E-state index contributed by atoms with van der Waals surface area (Å²) in [7, 11) is 0. The number of hydrogen-bond acceptors (Lipinski definition) is 5. The van der Waals surface area contributed by atoms with E-state index in [1.165, 1.54) is 37.1 Å². The van der Waals surface area contributed by atoms with Crippen LogP contribution in [0.4, 0.5) is 0 Å². The van der Waals surface area contributed by atoms with Crippen LogP contribution in [0, 0.1) is 0 Å². The van der Waals surface area contributed by atoms with Gasteiger partial charge in [0.25, 0.3) is 5.91 Å². The minimum Gasteiger partial charge on any atom is -0.332 e. The highest BCUT2D eigenvalue weighted by Gasteiger charge is 2.36. The number of piperidine rings is 1. The number of fused-ring (bicyclic) bond motifs is 1. The number of amides is 1. The van der Waals surface area contributed by atoms with Crippen molar-refractivity contribution >= 4 is 42.1 Å². The minimum absolute atomic E-state index is 0. The molecule has 0 radical (unpaired) electrons. The Kier molecular flexibility index (Phi) is 7.55. The maximum absolute atomic E-state index is 12.6. The zero-order valence-corrected chi connectivity index (χ0v) is 15.2. The lowest BCUT2D eigenvalue weighted by Gasteiger charge is -2.47. The molecule has 2 aliphatic heterocycles. The molecule has 2 unspecified atom stereocenters. The van der Waals surface area contributed by atoms with Crippen LogP contribution in [0.15, 0.2) is 5.38 Å². The number of hydrogen-bond donors (Lipinski definition) is 1. The van der Waals surface area contributed by atoms with E-state index in [0.29, 0.717) is 18.3 Å². The van der Waals surface area contributed by atoms with Crippen LogP contribution in [0.25, 0.3) is 0 Å². The van der Waals surface area contributed by atoms with Crippen LogP contribution in [0.1, 0.15) is 41.7 Å². The Morgan fingerprint density at radius 2 is 2.18 bits per heavy atom. The highest BCUT2D eigenvalue weighted by Crippen LogP contribution is 2.25. The first-order chi connectivity index (χ1) is 9.69. The molecule has 5 nitrogen and oxygen atoms in total. The highest BCUT2D eigenvalue weighted by molar-refractivity contribution is 7.09. The monoisotopic (exact) mass is 366 g/mol. The molecular formula is C14H24Cl2N4OS. The maximum Gasteiger partial charge on any atom is 0.273 e. The fourth-order valence-corrected chi connectivity index (χ4v) is 3.93. The predicted octanol–water partition coefficient (Wildman–Crippen LogP) is 2.14. The first-order valence-electron chi connectivity index (χ1n) is 7.38. The Balaban J connectivity index is 0.00000121. The van der Waals surface area contributed by atoms with Gasteiger partial charge in [0.1, 0.15) is 10.7 Å². The zero-order valence-electron chi connectivity index (χ0n) is 12.7. The molecule has 0 spiro atoms. The molecule has 2 aliphatic rings. The van der Waals surface area contributed by atoms with Gasteiger partial charge in [0.15, 0.2) is 0 Å². The Morgan fingerprint density at radius 3 is 2.86 bits per heavy atom. The fourth-order valence-electron chi connectivity index (χ4n) is 3.29. The minimum atomic E-state index is 0. The Labute approximate surface area is 148 Å². The first kappa shape index (κ1) is 19.6. The van der Waals surface area contributed by atoms with E-state index in [2.05, 4.69) is 16.8 Å². The number of carbonyl (C=O) groups excluding carboxylic acids is 1. The summed E-state index contributed by atoms with van der Waals surface area (Å²) in [4.78, 5) is 21.5. The summed E-state index contributed by atoms with van der Waals surface area (Å²) in [5.41, 5.74) is 6.13. The Hall–Kier alpha value is -0.400. The molecule has 2 saturated heterocycles. The maximum atomic E-state index is 12.6. The summed E-state index contributed by atoms with van der Waals surface area (Å²) < 4.78 is 0. The van der Waals surface area contributed by atoms with Gasteiger partial charge in [-0.1, -0.05) is 6.42 Å². The van der Waals surface area contributed by atoms with E-state index >= 15 is 0 Å². The Morgan fingerprint density at radius 1 is 1.41 bits per heavy atom. The summed E-state index contributed by atoms with van der Waals surface area (Å²) >= 11 is 1.47. The predicted molar refractivity (Wildman–Crippen MR) is 94.2 cm³/mol. The number of aromatic nitrogens is 1. The average molecular weight is 367 g/mol. The van der Waals surface area contributed by atoms with Gasteiger partial charge in [0.2, 0.25) is 0 Å². The van der Waals surface area contributed by atoms with Crippen molar-refractivity contribution in [2.75, 3.05) is 19.6 Å². The molecule has 126 valence electrons. The number of nitrogens with zero attached hydrogens (tertiary/aromatic N) is 3. The zero-order chi connectivity index (χ0) is 14.1. The molecule has 2 N–H and O–H groups in total. The quantitative estimate of drug-likeness (QED) is 0.870. The van der Waals surface area contributed by atoms with Crippen molar-refractivity contribution in [3.63, 3.8) is 0 Å². The third kappa shape index (κ3) is 3.92. The molecule has 1 amide bonds. The molecule has 8 heteroatoms. The van der Waals surface area contributed by atoms with E-state index in [9.17, 15) is 4.79 Å². The summed E-state index contributed by atoms with van der Waals surface area (Å²) in [6.07, 6.45) is 3.79. The molecule has 2 fully saturated rings. The van der Waals surface area contributed by atoms with Crippen molar-refractivity contribution in [3.05, 3.63) is 16.1 Å². The van der Waals surface area contributed by atoms with E-state index in [-0.39, 0.29) is 36.8 Å². The van der Waals surface area contributed by atoms with Gasteiger partial charge in [-0.3, -0.25) is 9.69 Å². The van der Waals surface area contributed by atoms with E-state index in [4.69, 9.17) is 5.73 Å². The SMILES string of the molecule is CC1CN2CCCCC2CN1C(=O)c1csc(CN)n1.Cl.Cl. The number of thiazole rings is 1. The van der Waals surface area contributed by atoms with Crippen molar-refractivity contribution in [1.82, 2.24) is 14.8 Å². The molecule has 22 heavy (non-hydrogen) atoms. The van der Waals surface area contributed by atoms with Crippen molar-refractivity contribution in [3.8, 4) is 0 Å². The molecule has 0 aromatic carbocycles. The molecule has 0 saturated carbocycles. The standard InChI is InChI=1S/C14H22N4OS.2ClH/c1-10-7-17-5-3-2-4-11(17)8-18(10)14(19)12-9-20-13(6-15)16-12;;/h9-11H,2-8,15H2,1H3;2*1H. The van der Waals surface area contributed by atoms with E-state index in [0.717, 1.165) is 18.1 Å². The smallest absolute Gasteiger partial charge is 0.273 e. The summed E-state index contributed by atoms with van der Waals surface area (Å²) in [6.45, 7) is 5.56. The average Bonchev–Trinajstić information content (AvgIpc) is 2.94. The van der Waals surface area contributed by atoms with Crippen molar-refractivity contribution < 1.29 is 4.79 Å². The van der Waals surface area contributed by atoms with Crippen LogP contribution in [-0.2, 0) is 6.54 Å². The second-order valence-electron chi connectivity index (χ2n) is 5.78. The lowest BCUT2D eigenvalue weighted by molar-refractivity contribution is 0.0148. The molecule has 1 aromatic rings. The second kappa shape index (κ2) is 8.45. The first-order valence-corrected chi connectivity index (χ1v) is 8.26. The molecule has 3 rings (SSSR count). The Bertz CT molecular complexity index is 499. The van der Waals surface area contributed by atoms with Crippen LogP contribution in [0.3, 0.4) is 0 Å². The third-order valence-electron chi connectivity index (χ3n) is 4.39. The van der Waals surface area contributed by atoms with Crippen LogP contribution in [0.5, 0.6) is 0 Å². The number of piperazine rings is 1. The molecule has 0 bridgehead atoms. The summed E-state index contributed by atoms with van der Waals surface area (Å²) in [5, 5.41) is 2.67. The van der Waals surface area contributed by atoms with Crippen LogP contribution >= 0.6 is 36.2 Å². The van der Waals surface area contributed by atoms with Crippen LogP contribution in [0.2, 0.25) is 0 Å². The van der Waals surface area contributed by atoms with E-state index < -0.39 is 0 Å². The lowest BCUT2D eigenvalue weighted by Crippen LogP contribution is -2.60. The largest absolute Gasteiger partial charge is 0.332 e. The number of carbonyl (C=O) groups is 1. The summed E-state index contributed by atoms with van der Waals surface area (Å²) in [5.74, 6) is 0.0682. The van der Waals surface area contributed by atoms with Gasteiger partial charge in [-0.25, -0.2) is 4.98 Å². The van der Waals surface area contributed by atoms with E-state index in [1.54, 1.807) is 0 Å². The lowest BCUT2D eigenvalue weighted by atomic mass is 9.97. The van der Waals surface area contributed by atoms with Crippen LogP contribution < -0.4 is 5.73 Å². The number of nitrogens with two attached hydrogens (primary N) is 1. The van der Waals surface area contributed by atoms with Crippen molar-refractivity contribution in [2.24, 2.45) is 5.73 Å². The summed E-state index contributed by atoms with van der Waals surface area (Å²) in [6, 6.07) is 0.802. The van der Waals surface area contributed by atoms with Crippen LogP contribution in [-0.4, -0.2) is 52.4 Å². The topological polar surface area (TPSA) is 62.5 Å². The van der Waals surface area contributed by atoms with Gasteiger partial charge in [0.05, 0.1) is 0 Å². The van der Waals surface area contributed by atoms with Gasteiger partial charge in [-0.15, -0.1) is 36.2 Å².